The molecule has 160 valence electrons. The van der Waals surface area contributed by atoms with E-state index in [4.69, 9.17) is 9.26 Å². The molecule has 1 saturated heterocycles. The molecule has 7 heteroatoms. The average Bonchev–Trinajstić information content (AvgIpc) is 3.51. The van der Waals surface area contributed by atoms with Crippen molar-refractivity contribution < 1.29 is 14.1 Å². The molecule has 0 N–H and O–H groups in total. The van der Waals surface area contributed by atoms with Crippen LogP contribution in [-0.4, -0.2) is 52.1 Å². The van der Waals surface area contributed by atoms with Gasteiger partial charge in [-0.25, -0.2) is 0 Å². The van der Waals surface area contributed by atoms with Gasteiger partial charge in [-0.05, 0) is 42.5 Å². The third-order valence-corrected chi connectivity index (χ3v) is 6.18. The minimum atomic E-state index is -0.208. The summed E-state index contributed by atoms with van der Waals surface area (Å²) < 4.78 is 10.9. The van der Waals surface area contributed by atoms with Crippen molar-refractivity contribution in [2.24, 2.45) is 0 Å². The lowest BCUT2D eigenvalue weighted by molar-refractivity contribution is -0.137. The summed E-state index contributed by atoms with van der Waals surface area (Å²) in [6.45, 7) is 2.84. The summed E-state index contributed by atoms with van der Waals surface area (Å²) in [5, 5.41) is 4.16. The zero-order valence-electron chi connectivity index (χ0n) is 17.7. The maximum absolute atomic E-state index is 13.3. The van der Waals surface area contributed by atoms with Gasteiger partial charge in [0.15, 0.2) is 0 Å². The fraction of sp³-hybridized carbons (Fsp3) is 0.375. The van der Waals surface area contributed by atoms with Gasteiger partial charge in [-0.1, -0.05) is 41.6 Å². The number of carbonyl (C=O) groups excluding carboxylic acids is 1. The Labute approximate surface area is 181 Å². The number of carbonyl (C=O) groups is 1. The Kier molecular flexibility index (Phi) is 5.42. The van der Waals surface area contributed by atoms with Crippen molar-refractivity contribution in [2.45, 2.75) is 38.4 Å². The number of nitrogens with zero attached hydrogens (tertiary/aromatic N) is 4. The topological polar surface area (TPSA) is 71.7 Å². The Morgan fingerprint density at radius 3 is 2.74 bits per heavy atom. The van der Waals surface area contributed by atoms with Crippen molar-refractivity contribution in [3.05, 3.63) is 65.5 Å². The summed E-state index contributed by atoms with van der Waals surface area (Å²) in [6.07, 6.45) is 2.88. The number of rotatable bonds is 5. The minimum Gasteiger partial charge on any atom is -0.497 e. The second-order valence-electron chi connectivity index (χ2n) is 8.17. The Balaban J connectivity index is 1.39. The lowest BCUT2D eigenvalue weighted by Gasteiger charge is -2.37. The third-order valence-electron chi connectivity index (χ3n) is 6.18. The van der Waals surface area contributed by atoms with Gasteiger partial charge >= 0.3 is 0 Å². The minimum absolute atomic E-state index is 0.208. The predicted octanol–water partition coefficient (Wildman–Crippen LogP) is 3.29. The van der Waals surface area contributed by atoms with Crippen LogP contribution in [0.15, 0.2) is 53.1 Å². The largest absolute Gasteiger partial charge is 0.497 e. The normalized spacial score (nSPS) is 18.7. The molecule has 7 nitrogen and oxygen atoms in total. The molecule has 0 aliphatic carbocycles. The quantitative estimate of drug-likeness (QED) is 0.633. The fourth-order valence-electron chi connectivity index (χ4n) is 4.51. The van der Waals surface area contributed by atoms with Crippen LogP contribution in [0.5, 0.6) is 5.75 Å². The summed E-state index contributed by atoms with van der Waals surface area (Å²) in [4.78, 5) is 22.1. The van der Waals surface area contributed by atoms with E-state index in [2.05, 4.69) is 27.2 Å². The van der Waals surface area contributed by atoms with Crippen LogP contribution in [0.25, 0.3) is 11.4 Å². The van der Waals surface area contributed by atoms with Crippen molar-refractivity contribution in [1.29, 1.82) is 0 Å². The summed E-state index contributed by atoms with van der Waals surface area (Å²) in [6, 6.07) is 15.7. The summed E-state index contributed by atoms with van der Waals surface area (Å²) >= 11 is 0. The molecule has 1 aromatic heterocycles. The third kappa shape index (κ3) is 4.05. The zero-order valence-corrected chi connectivity index (χ0v) is 17.7. The average molecular weight is 418 g/mol. The van der Waals surface area contributed by atoms with Gasteiger partial charge in [0, 0.05) is 25.2 Å². The molecule has 31 heavy (non-hydrogen) atoms. The molecular weight excluding hydrogens is 392 g/mol. The Morgan fingerprint density at radius 2 is 1.94 bits per heavy atom. The van der Waals surface area contributed by atoms with Gasteiger partial charge in [0.25, 0.3) is 0 Å². The number of ether oxygens (including phenoxy) is 1. The SMILES string of the molecule is COc1cccc(-c2noc(CN3Cc4ccccc4C[C@H]3C(=O)N3CCCC3)n2)c1. The summed E-state index contributed by atoms with van der Waals surface area (Å²) in [5.74, 6) is 1.98. The van der Waals surface area contributed by atoms with Crippen LogP contribution >= 0.6 is 0 Å². The first-order valence-corrected chi connectivity index (χ1v) is 10.8. The van der Waals surface area contributed by atoms with Crippen molar-refractivity contribution in [3.63, 3.8) is 0 Å². The number of benzene rings is 2. The van der Waals surface area contributed by atoms with Gasteiger partial charge in [0.05, 0.1) is 19.7 Å². The molecule has 1 atom stereocenters. The zero-order chi connectivity index (χ0) is 21.2. The van der Waals surface area contributed by atoms with E-state index in [-0.39, 0.29) is 11.9 Å². The number of hydrogen-bond donors (Lipinski definition) is 0. The second-order valence-corrected chi connectivity index (χ2v) is 8.17. The second kappa shape index (κ2) is 8.51. The number of hydrogen-bond acceptors (Lipinski definition) is 6. The van der Waals surface area contributed by atoms with Gasteiger partial charge in [-0.15, -0.1) is 0 Å². The van der Waals surface area contributed by atoms with Crippen LogP contribution in [0, 0.1) is 0 Å². The van der Waals surface area contributed by atoms with E-state index in [0.29, 0.717) is 31.2 Å². The molecule has 0 unspecified atom stereocenters. The summed E-state index contributed by atoms with van der Waals surface area (Å²) in [7, 11) is 1.63. The first-order valence-electron chi connectivity index (χ1n) is 10.8. The number of fused-ring (bicyclic) bond motifs is 1. The van der Waals surface area contributed by atoms with Crippen LogP contribution in [0.3, 0.4) is 0 Å². The lowest BCUT2D eigenvalue weighted by Crippen LogP contribution is -2.50. The Bertz CT molecular complexity index is 1070. The number of likely N-dealkylation sites (tertiary alicyclic amines) is 1. The van der Waals surface area contributed by atoms with Crippen molar-refractivity contribution in [3.8, 4) is 17.1 Å². The van der Waals surface area contributed by atoms with Gasteiger partial charge in [0.1, 0.15) is 5.75 Å². The number of methoxy groups -OCH3 is 1. The van der Waals surface area contributed by atoms with Crippen LogP contribution < -0.4 is 4.74 Å². The molecule has 1 fully saturated rings. The molecule has 2 aliphatic rings. The van der Waals surface area contributed by atoms with Gasteiger partial charge in [-0.3, -0.25) is 9.69 Å². The van der Waals surface area contributed by atoms with Crippen LogP contribution in [0.4, 0.5) is 0 Å². The highest BCUT2D eigenvalue weighted by Crippen LogP contribution is 2.28. The van der Waals surface area contributed by atoms with Crippen LogP contribution in [0.2, 0.25) is 0 Å². The highest BCUT2D eigenvalue weighted by molar-refractivity contribution is 5.83. The maximum atomic E-state index is 13.3. The molecular formula is C24H26N4O3. The Hall–Kier alpha value is -3.19. The molecule has 1 amide bonds. The van der Waals surface area contributed by atoms with Gasteiger partial charge in [-0.2, -0.15) is 4.98 Å². The molecule has 5 rings (SSSR count). The maximum Gasteiger partial charge on any atom is 0.241 e. The smallest absolute Gasteiger partial charge is 0.241 e. The predicted molar refractivity (Wildman–Crippen MR) is 115 cm³/mol. The first-order chi connectivity index (χ1) is 15.2. The van der Waals surface area contributed by atoms with E-state index in [1.165, 1.54) is 11.1 Å². The molecule has 3 heterocycles. The van der Waals surface area contributed by atoms with E-state index < -0.39 is 0 Å². The summed E-state index contributed by atoms with van der Waals surface area (Å²) in [5.41, 5.74) is 3.34. The number of aromatic nitrogens is 2. The molecule has 2 aliphatic heterocycles. The highest BCUT2D eigenvalue weighted by Gasteiger charge is 2.35. The van der Waals surface area contributed by atoms with E-state index in [1.807, 2.05) is 41.3 Å². The Morgan fingerprint density at radius 1 is 1.13 bits per heavy atom. The molecule has 0 bridgehead atoms. The van der Waals surface area contributed by atoms with Crippen molar-refractivity contribution >= 4 is 5.91 Å². The van der Waals surface area contributed by atoms with Crippen molar-refractivity contribution in [1.82, 2.24) is 19.9 Å². The molecule has 3 aromatic rings. The van der Waals surface area contributed by atoms with Crippen LogP contribution in [-0.2, 0) is 24.3 Å². The molecule has 0 saturated carbocycles. The number of amides is 1. The molecule has 2 aromatic carbocycles. The van der Waals surface area contributed by atoms with E-state index >= 15 is 0 Å². The van der Waals surface area contributed by atoms with E-state index in [9.17, 15) is 4.79 Å². The monoisotopic (exact) mass is 418 g/mol. The fourth-order valence-corrected chi connectivity index (χ4v) is 4.51. The molecule has 0 spiro atoms. The molecule has 0 radical (unpaired) electrons. The standard InChI is InChI=1S/C24H26N4O3/c1-30-20-10-6-9-18(13-20)23-25-22(31-26-23)16-28-15-19-8-3-2-7-17(19)14-21(28)24(29)27-11-4-5-12-27/h2-3,6-10,13,21H,4-5,11-12,14-16H2,1H3/t21-/m0/s1. The van der Waals surface area contributed by atoms with Crippen molar-refractivity contribution in [2.75, 3.05) is 20.2 Å². The lowest BCUT2D eigenvalue weighted by atomic mass is 9.93. The van der Waals surface area contributed by atoms with E-state index in [0.717, 1.165) is 37.2 Å². The van der Waals surface area contributed by atoms with Gasteiger partial charge < -0.3 is 14.2 Å². The highest BCUT2D eigenvalue weighted by atomic mass is 16.5. The first kappa shape index (κ1) is 19.8. The van der Waals surface area contributed by atoms with Gasteiger partial charge in [0.2, 0.25) is 17.6 Å². The van der Waals surface area contributed by atoms with E-state index in [1.54, 1.807) is 7.11 Å². The van der Waals surface area contributed by atoms with Crippen LogP contribution in [0.1, 0.15) is 29.9 Å².